The van der Waals surface area contributed by atoms with Crippen LogP contribution in [0.5, 0.6) is 0 Å². The number of likely N-dealkylation sites (N-methyl/N-ethyl adjacent to an activating group) is 1. The molecule has 0 N–H and O–H groups in total. The normalized spacial score (nSPS) is 28.8. The Morgan fingerprint density at radius 3 is 2.50 bits per heavy atom. The molecule has 1 atom stereocenters. The molecule has 0 saturated heterocycles. The molecule has 94 valence electrons. The van der Waals surface area contributed by atoms with Gasteiger partial charge in [0.2, 0.25) is 5.91 Å². The van der Waals surface area contributed by atoms with Gasteiger partial charge < -0.3 is 4.90 Å². The summed E-state index contributed by atoms with van der Waals surface area (Å²) in [4.78, 5) is 14.4. The summed E-state index contributed by atoms with van der Waals surface area (Å²) in [7, 11) is 1.88. The van der Waals surface area contributed by atoms with Gasteiger partial charge in [-0.2, -0.15) is 0 Å². The summed E-state index contributed by atoms with van der Waals surface area (Å²) in [5, 5.41) is 0. The van der Waals surface area contributed by atoms with E-state index in [0.29, 0.717) is 0 Å². The zero-order chi connectivity index (χ0) is 13.0. The van der Waals surface area contributed by atoms with Gasteiger partial charge in [0.05, 0.1) is 5.41 Å². The van der Waals surface area contributed by atoms with Crippen LogP contribution in [0, 0.1) is 5.41 Å². The Morgan fingerprint density at radius 2 is 1.83 bits per heavy atom. The van der Waals surface area contributed by atoms with E-state index in [2.05, 4.69) is 32.1 Å². The van der Waals surface area contributed by atoms with Crippen molar-refractivity contribution in [2.24, 2.45) is 5.41 Å². The number of hydrogen-bond donors (Lipinski definition) is 0. The first-order valence-corrected chi connectivity index (χ1v) is 6.54. The molecule has 1 aliphatic heterocycles. The van der Waals surface area contributed by atoms with E-state index in [-0.39, 0.29) is 11.3 Å². The van der Waals surface area contributed by atoms with E-state index in [4.69, 9.17) is 0 Å². The van der Waals surface area contributed by atoms with Crippen LogP contribution in [-0.2, 0) is 10.2 Å². The summed E-state index contributed by atoms with van der Waals surface area (Å²) in [6.45, 7) is 4.46. The van der Waals surface area contributed by atoms with Crippen LogP contribution in [0.1, 0.15) is 32.3 Å². The van der Waals surface area contributed by atoms with Gasteiger partial charge in [-0.1, -0.05) is 44.2 Å². The van der Waals surface area contributed by atoms with Crippen molar-refractivity contribution in [3.05, 3.63) is 42.0 Å². The number of amides is 1. The second kappa shape index (κ2) is 3.47. The van der Waals surface area contributed by atoms with E-state index >= 15 is 0 Å². The molecule has 1 aliphatic carbocycles. The molecule has 0 fully saturated rings. The molecule has 0 saturated carbocycles. The van der Waals surface area contributed by atoms with Crippen molar-refractivity contribution >= 4 is 11.6 Å². The fourth-order valence-electron chi connectivity index (χ4n) is 3.12. The summed E-state index contributed by atoms with van der Waals surface area (Å²) >= 11 is 0. The maximum absolute atomic E-state index is 12.6. The minimum atomic E-state index is -0.402. The maximum Gasteiger partial charge on any atom is 0.241 e. The second-order valence-electron chi connectivity index (χ2n) is 6.17. The van der Waals surface area contributed by atoms with E-state index in [1.807, 2.05) is 25.2 Å². The predicted molar refractivity (Wildman–Crippen MR) is 73.7 cm³/mol. The average molecular weight is 241 g/mol. The first-order chi connectivity index (χ1) is 8.46. The molecule has 1 amide bonds. The molecule has 1 spiro atoms. The minimum Gasteiger partial charge on any atom is -0.314 e. The predicted octanol–water partition coefficient (Wildman–Crippen LogP) is 3.28. The number of carbonyl (C=O) groups is 1. The maximum atomic E-state index is 12.6. The number of hydrogen-bond acceptors (Lipinski definition) is 1. The van der Waals surface area contributed by atoms with E-state index < -0.39 is 5.41 Å². The summed E-state index contributed by atoms with van der Waals surface area (Å²) < 4.78 is 0. The Bertz CT molecular complexity index is 544. The van der Waals surface area contributed by atoms with Crippen molar-refractivity contribution in [2.45, 2.75) is 32.1 Å². The van der Waals surface area contributed by atoms with Gasteiger partial charge in [0.1, 0.15) is 0 Å². The first kappa shape index (κ1) is 11.5. The fraction of sp³-hybridized carbons (Fsp3) is 0.438. The molecule has 1 unspecified atom stereocenters. The van der Waals surface area contributed by atoms with Crippen LogP contribution in [0.2, 0.25) is 0 Å². The summed E-state index contributed by atoms with van der Waals surface area (Å²) in [6, 6.07) is 8.16. The number of carbonyl (C=O) groups excluding carboxylic acids is 1. The standard InChI is InChI=1S/C16H19NO/c1-15(2)8-10-16(11-9-15)12-6-4-5-7-13(12)17(3)14(16)18/h4-8,10H,9,11H2,1-3H3. The number of anilines is 1. The average Bonchev–Trinajstić information content (AvgIpc) is 2.57. The zero-order valence-electron chi connectivity index (χ0n) is 11.2. The molecule has 1 aromatic rings. The molecule has 2 heteroatoms. The van der Waals surface area contributed by atoms with Crippen molar-refractivity contribution in [2.75, 3.05) is 11.9 Å². The van der Waals surface area contributed by atoms with Gasteiger partial charge >= 0.3 is 0 Å². The van der Waals surface area contributed by atoms with Crippen LogP contribution >= 0.6 is 0 Å². The lowest BCUT2D eigenvalue weighted by atomic mass is 9.68. The molecule has 0 radical (unpaired) electrons. The molecule has 1 heterocycles. The summed E-state index contributed by atoms with van der Waals surface area (Å²) in [6.07, 6.45) is 6.32. The fourth-order valence-corrected chi connectivity index (χ4v) is 3.12. The summed E-state index contributed by atoms with van der Waals surface area (Å²) in [5.74, 6) is 0.218. The lowest BCUT2D eigenvalue weighted by molar-refractivity contribution is -0.121. The number of nitrogens with zero attached hydrogens (tertiary/aromatic N) is 1. The van der Waals surface area contributed by atoms with Crippen molar-refractivity contribution in [1.29, 1.82) is 0 Å². The number of para-hydroxylation sites is 1. The monoisotopic (exact) mass is 241 g/mol. The SMILES string of the molecule is CN1C(=O)C2(C=CC(C)(C)CC2)c2ccccc21. The Kier molecular flexibility index (Phi) is 2.22. The molecule has 0 bridgehead atoms. The van der Waals surface area contributed by atoms with Gasteiger partial charge in [-0.25, -0.2) is 0 Å². The third-order valence-electron chi connectivity index (χ3n) is 4.42. The molecule has 2 aliphatic rings. The lowest BCUT2D eigenvalue weighted by Gasteiger charge is -2.34. The highest BCUT2D eigenvalue weighted by atomic mass is 16.2. The van der Waals surface area contributed by atoms with E-state index in [9.17, 15) is 4.79 Å². The van der Waals surface area contributed by atoms with Gasteiger partial charge in [-0.3, -0.25) is 4.79 Å². The van der Waals surface area contributed by atoms with Crippen molar-refractivity contribution in [1.82, 2.24) is 0 Å². The number of fused-ring (bicyclic) bond motifs is 2. The minimum absolute atomic E-state index is 0.210. The molecule has 18 heavy (non-hydrogen) atoms. The highest BCUT2D eigenvalue weighted by Crippen LogP contribution is 2.49. The van der Waals surface area contributed by atoms with Crippen LogP contribution in [0.15, 0.2) is 36.4 Å². The Labute approximate surface area is 108 Å². The number of rotatable bonds is 0. The Hall–Kier alpha value is -1.57. The topological polar surface area (TPSA) is 20.3 Å². The van der Waals surface area contributed by atoms with Crippen LogP contribution < -0.4 is 4.90 Å². The Morgan fingerprint density at radius 1 is 1.11 bits per heavy atom. The van der Waals surface area contributed by atoms with Gasteiger partial charge in [-0.05, 0) is 29.9 Å². The van der Waals surface area contributed by atoms with Crippen LogP contribution in [0.3, 0.4) is 0 Å². The lowest BCUT2D eigenvalue weighted by Crippen LogP contribution is -2.40. The molecule has 2 nitrogen and oxygen atoms in total. The van der Waals surface area contributed by atoms with Crippen LogP contribution in [0.25, 0.3) is 0 Å². The van der Waals surface area contributed by atoms with E-state index in [1.54, 1.807) is 4.90 Å². The van der Waals surface area contributed by atoms with E-state index in [0.717, 1.165) is 18.5 Å². The molecule has 3 rings (SSSR count). The van der Waals surface area contributed by atoms with Gasteiger partial charge in [0.25, 0.3) is 0 Å². The third-order valence-corrected chi connectivity index (χ3v) is 4.42. The van der Waals surface area contributed by atoms with E-state index in [1.165, 1.54) is 5.56 Å². The largest absolute Gasteiger partial charge is 0.314 e. The first-order valence-electron chi connectivity index (χ1n) is 6.54. The summed E-state index contributed by atoms with van der Waals surface area (Å²) in [5.41, 5.74) is 2.04. The molecular weight excluding hydrogens is 222 g/mol. The van der Waals surface area contributed by atoms with Crippen molar-refractivity contribution in [3.8, 4) is 0 Å². The molecular formula is C16H19NO. The second-order valence-corrected chi connectivity index (χ2v) is 6.17. The van der Waals surface area contributed by atoms with Gasteiger partial charge in [0.15, 0.2) is 0 Å². The zero-order valence-corrected chi connectivity index (χ0v) is 11.2. The number of benzene rings is 1. The van der Waals surface area contributed by atoms with Gasteiger partial charge in [-0.15, -0.1) is 0 Å². The van der Waals surface area contributed by atoms with Crippen molar-refractivity contribution in [3.63, 3.8) is 0 Å². The Balaban J connectivity index is 2.17. The highest BCUT2D eigenvalue weighted by molar-refractivity contribution is 6.09. The van der Waals surface area contributed by atoms with Crippen molar-refractivity contribution < 1.29 is 4.79 Å². The quantitative estimate of drug-likeness (QED) is 0.638. The van der Waals surface area contributed by atoms with Gasteiger partial charge in [0, 0.05) is 12.7 Å². The van der Waals surface area contributed by atoms with Crippen LogP contribution in [-0.4, -0.2) is 13.0 Å². The third kappa shape index (κ3) is 1.38. The number of allylic oxidation sites excluding steroid dienone is 1. The van der Waals surface area contributed by atoms with Crippen LogP contribution in [0.4, 0.5) is 5.69 Å². The smallest absolute Gasteiger partial charge is 0.241 e. The molecule has 1 aromatic carbocycles. The highest BCUT2D eigenvalue weighted by Gasteiger charge is 2.49. The molecule has 0 aromatic heterocycles.